The number of benzene rings is 2. The molecular formula is C32H33FN6O2. The van der Waals surface area contributed by atoms with Crippen LogP contribution in [0.25, 0.3) is 16.9 Å². The Balaban J connectivity index is 1.21. The summed E-state index contributed by atoms with van der Waals surface area (Å²) < 4.78 is 17.3. The molecule has 2 aromatic carbocycles. The van der Waals surface area contributed by atoms with Crippen molar-refractivity contribution in [2.24, 2.45) is 11.7 Å². The van der Waals surface area contributed by atoms with Crippen molar-refractivity contribution < 1.29 is 14.0 Å². The van der Waals surface area contributed by atoms with E-state index in [1.165, 1.54) is 17.2 Å². The molecule has 2 aromatic heterocycles. The summed E-state index contributed by atoms with van der Waals surface area (Å²) in [4.78, 5) is 34.1. The molecule has 8 nitrogen and oxygen atoms in total. The van der Waals surface area contributed by atoms with Gasteiger partial charge in [-0.05, 0) is 74.9 Å². The van der Waals surface area contributed by atoms with Gasteiger partial charge < -0.3 is 15.5 Å². The number of nitrogens with zero attached hydrogens (tertiary/aromatic N) is 5. The van der Waals surface area contributed by atoms with Crippen molar-refractivity contribution in [2.45, 2.75) is 57.5 Å². The highest BCUT2D eigenvalue weighted by Gasteiger charge is 2.34. The van der Waals surface area contributed by atoms with Gasteiger partial charge in [-0.15, -0.1) is 0 Å². The number of rotatable bonds is 5. The maximum Gasteiger partial charge on any atom is 0.273 e. The van der Waals surface area contributed by atoms with Crippen molar-refractivity contribution in [3.8, 4) is 11.3 Å². The van der Waals surface area contributed by atoms with Gasteiger partial charge in [-0.1, -0.05) is 24.3 Å². The van der Waals surface area contributed by atoms with E-state index in [0.717, 1.165) is 25.0 Å². The Labute approximate surface area is 238 Å². The molecule has 41 heavy (non-hydrogen) atoms. The van der Waals surface area contributed by atoms with Crippen molar-refractivity contribution in [3.63, 3.8) is 0 Å². The summed E-state index contributed by atoms with van der Waals surface area (Å²) in [7, 11) is 0. The molecule has 0 spiro atoms. The largest absolute Gasteiger partial charge is 0.369 e. The van der Waals surface area contributed by atoms with Gasteiger partial charge in [0.2, 0.25) is 5.91 Å². The summed E-state index contributed by atoms with van der Waals surface area (Å²) in [5, 5.41) is 4.75. The fourth-order valence-electron chi connectivity index (χ4n) is 6.59. The quantitative estimate of drug-likeness (QED) is 0.381. The molecule has 1 saturated heterocycles. The summed E-state index contributed by atoms with van der Waals surface area (Å²) in [5.74, 6) is -0.744. The minimum absolute atomic E-state index is 0.0421. The maximum absolute atomic E-state index is 15.5. The lowest BCUT2D eigenvalue weighted by molar-refractivity contribution is -0.121. The van der Waals surface area contributed by atoms with Crippen LogP contribution in [0.2, 0.25) is 0 Å². The summed E-state index contributed by atoms with van der Waals surface area (Å²) in [6, 6.07) is 17.1. The summed E-state index contributed by atoms with van der Waals surface area (Å²) in [6.07, 6.45) is 3.53. The van der Waals surface area contributed by atoms with Gasteiger partial charge in [-0.2, -0.15) is 5.10 Å². The number of fused-ring (bicyclic) bond motifs is 2. The number of carbonyl (C=O) groups is 2. The molecule has 4 heterocycles. The van der Waals surface area contributed by atoms with E-state index in [2.05, 4.69) is 19.1 Å². The van der Waals surface area contributed by atoms with Gasteiger partial charge in [0.05, 0.1) is 17.7 Å². The number of carbonyl (C=O) groups excluding carboxylic acids is 2. The zero-order chi connectivity index (χ0) is 28.4. The van der Waals surface area contributed by atoms with E-state index in [4.69, 9.17) is 15.8 Å². The standard InChI is InChI=1S/C32H33FN6O2/c1-18-13-22(31(34)40)17-38(18)23-9-10-25(26(33)14-23)27-16-30-35-28(15-29(21-7-8-21)39(30)36-27)32(41)37-12-11-20-5-3-4-6-24(20)19(37)2/h3-6,9-10,14-16,18-19,21-22H,7-8,11-13,17H2,1-2H3,(H2,34,40)/t18-,19+,22+/m0/s1. The van der Waals surface area contributed by atoms with Crippen LogP contribution in [0, 0.1) is 11.7 Å². The van der Waals surface area contributed by atoms with Gasteiger partial charge >= 0.3 is 0 Å². The first-order valence-corrected chi connectivity index (χ1v) is 14.4. The molecule has 1 aliphatic carbocycles. The van der Waals surface area contributed by atoms with Crippen molar-refractivity contribution in [3.05, 3.63) is 82.9 Å². The molecular weight excluding hydrogens is 519 g/mol. The first kappa shape index (κ1) is 25.7. The second kappa shape index (κ2) is 9.68. The van der Waals surface area contributed by atoms with Gasteiger partial charge in [0.15, 0.2) is 5.65 Å². The SMILES string of the molecule is C[C@@H]1c2ccccc2CCN1C(=O)c1cc(C2CC2)n2nc(-c3ccc(N4C[C@H](C(N)=O)C[C@@H]4C)cc3F)cc2n1. The van der Waals surface area contributed by atoms with Crippen molar-refractivity contribution >= 4 is 23.1 Å². The predicted octanol–water partition coefficient (Wildman–Crippen LogP) is 4.87. The Hall–Kier alpha value is -4.27. The molecule has 0 bridgehead atoms. The fourth-order valence-corrected chi connectivity index (χ4v) is 6.59. The fraction of sp³-hybridized carbons (Fsp3) is 0.375. The van der Waals surface area contributed by atoms with E-state index in [0.29, 0.717) is 53.7 Å². The summed E-state index contributed by atoms with van der Waals surface area (Å²) in [6.45, 7) is 5.21. The van der Waals surface area contributed by atoms with E-state index in [1.54, 1.807) is 16.6 Å². The van der Waals surface area contributed by atoms with Crippen LogP contribution in [-0.2, 0) is 11.2 Å². The molecule has 2 N–H and O–H groups in total. The highest BCUT2D eigenvalue weighted by Crippen LogP contribution is 2.41. The molecule has 210 valence electrons. The van der Waals surface area contributed by atoms with E-state index >= 15 is 4.39 Å². The summed E-state index contributed by atoms with van der Waals surface area (Å²) in [5.41, 5.74) is 11.4. The van der Waals surface area contributed by atoms with Gasteiger partial charge in [0.1, 0.15) is 11.5 Å². The van der Waals surface area contributed by atoms with E-state index < -0.39 is 5.82 Å². The van der Waals surface area contributed by atoms with Crippen molar-refractivity contribution in [2.75, 3.05) is 18.0 Å². The van der Waals surface area contributed by atoms with Crippen LogP contribution in [-0.4, -0.2) is 50.4 Å². The molecule has 3 atom stereocenters. The highest BCUT2D eigenvalue weighted by atomic mass is 19.1. The van der Waals surface area contributed by atoms with Crippen molar-refractivity contribution in [1.29, 1.82) is 0 Å². The molecule has 2 aliphatic heterocycles. The smallest absolute Gasteiger partial charge is 0.273 e. The lowest BCUT2D eigenvalue weighted by Crippen LogP contribution is -2.39. The zero-order valence-electron chi connectivity index (χ0n) is 23.3. The van der Waals surface area contributed by atoms with Gasteiger partial charge in [-0.3, -0.25) is 9.59 Å². The Kier molecular flexibility index (Phi) is 6.06. The molecule has 3 aliphatic rings. The van der Waals surface area contributed by atoms with E-state index in [9.17, 15) is 9.59 Å². The average molecular weight is 553 g/mol. The molecule has 2 fully saturated rings. The third-order valence-corrected chi connectivity index (χ3v) is 9.06. The molecule has 4 aromatic rings. The Morgan fingerprint density at radius 1 is 1.05 bits per heavy atom. The van der Waals surface area contributed by atoms with Crippen LogP contribution in [0.3, 0.4) is 0 Å². The lowest BCUT2D eigenvalue weighted by atomic mass is 9.93. The number of nitrogens with two attached hydrogens (primary N) is 1. The highest BCUT2D eigenvalue weighted by molar-refractivity contribution is 5.93. The van der Waals surface area contributed by atoms with E-state index in [1.807, 2.05) is 41.0 Å². The van der Waals surface area contributed by atoms with Gasteiger partial charge in [0.25, 0.3) is 5.91 Å². The third kappa shape index (κ3) is 4.44. The average Bonchev–Trinajstić information content (AvgIpc) is 3.60. The second-order valence-corrected chi connectivity index (χ2v) is 11.8. The molecule has 1 saturated carbocycles. The Morgan fingerprint density at radius 2 is 1.85 bits per heavy atom. The number of primary amides is 1. The second-order valence-electron chi connectivity index (χ2n) is 11.8. The number of aromatic nitrogens is 3. The van der Waals surface area contributed by atoms with Crippen LogP contribution in [0.4, 0.5) is 10.1 Å². The number of hydrogen-bond donors (Lipinski definition) is 1. The normalized spacial score (nSPS) is 22.3. The first-order valence-electron chi connectivity index (χ1n) is 14.4. The minimum Gasteiger partial charge on any atom is -0.369 e. The topological polar surface area (TPSA) is 96.8 Å². The van der Waals surface area contributed by atoms with Crippen LogP contribution in [0.5, 0.6) is 0 Å². The number of anilines is 1. The van der Waals surface area contributed by atoms with Crippen molar-refractivity contribution in [1.82, 2.24) is 19.5 Å². The van der Waals surface area contributed by atoms with Gasteiger partial charge in [0, 0.05) is 48.1 Å². The number of halogens is 1. The predicted molar refractivity (Wildman–Crippen MR) is 154 cm³/mol. The molecule has 7 rings (SSSR count). The molecule has 0 unspecified atom stereocenters. The van der Waals surface area contributed by atoms with Crippen LogP contribution >= 0.6 is 0 Å². The third-order valence-electron chi connectivity index (χ3n) is 9.06. The zero-order valence-corrected chi connectivity index (χ0v) is 23.3. The van der Waals surface area contributed by atoms with Gasteiger partial charge in [-0.25, -0.2) is 13.9 Å². The van der Waals surface area contributed by atoms with Crippen LogP contribution in [0.15, 0.2) is 54.6 Å². The minimum atomic E-state index is -0.397. The summed E-state index contributed by atoms with van der Waals surface area (Å²) >= 11 is 0. The first-order chi connectivity index (χ1) is 19.8. The lowest BCUT2D eigenvalue weighted by Gasteiger charge is -2.35. The number of amides is 2. The molecule has 9 heteroatoms. The molecule has 2 amide bonds. The maximum atomic E-state index is 15.5. The number of hydrogen-bond acceptors (Lipinski definition) is 5. The van der Waals surface area contributed by atoms with Crippen LogP contribution < -0.4 is 10.6 Å². The Bertz CT molecular complexity index is 1700. The monoisotopic (exact) mass is 552 g/mol. The van der Waals surface area contributed by atoms with Crippen LogP contribution in [0.1, 0.15) is 72.4 Å². The Morgan fingerprint density at radius 3 is 2.59 bits per heavy atom. The van der Waals surface area contributed by atoms with E-state index in [-0.39, 0.29) is 29.8 Å². The molecule has 0 radical (unpaired) electrons.